The molecular formula is C20H19FN6O3. The van der Waals surface area contributed by atoms with E-state index in [2.05, 4.69) is 32.0 Å². The van der Waals surface area contributed by atoms with Crippen molar-refractivity contribution in [2.24, 2.45) is 5.73 Å². The lowest BCUT2D eigenvalue weighted by Gasteiger charge is -2.16. The molecule has 0 fully saturated rings. The van der Waals surface area contributed by atoms with Gasteiger partial charge < -0.3 is 20.1 Å². The number of aliphatic hydroxyl groups excluding tert-OH is 1. The molecule has 30 heavy (non-hydrogen) atoms. The predicted octanol–water partition coefficient (Wildman–Crippen LogP) is 0.909. The Kier molecular flexibility index (Phi) is 4.75. The first-order valence-electron chi connectivity index (χ1n) is 9.18. The molecule has 3 aromatic rings. The minimum Gasteiger partial charge on any atom is -0.491 e. The Hall–Kier alpha value is -3.71. The number of halogens is 1. The second-order valence-electron chi connectivity index (χ2n) is 7.17. The molecule has 4 rings (SSSR count). The van der Waals surface area contributed by atoms with E-state index < -0.39 is 17.1 Å². The van der Waals surface area contributed by atoms with Gasteiger partial charge in [-0.25, -0.2) is 14.4 Å². The van der Waals surface area contributed by atoms with Crippen LogP contribution in [0.2, 0.25) is 0 Å². The van der Waals surface area contributed by atoms with E-state index in [1.807, 2.05) is 0 Å². The number of benzene rings is 1. The molecule has 4 N–H and O–H groups in total. The number of amides is 1. The third kappa shape index (κ3) is 3.40. The summed E-state index contributed by atoms with van der Waals surface area (Å²) in [5.41, 5.74) is 4.94. The largest absolute Gasteiger partial charge is 0.491 e. The number of hydrogen-bond acceptors (Lipinski definition) is 6. The molecular weight excluding hydrogens is 391 g/mol. The van der Waals surface area contributed by atoms with Crippen LogP contribution in [0.1, 0.15) is 34.6 Å². The number of nitrogens with two attached hydrogens (primary N) is 1. The van der Waals surface area contributed by atoms with Crippen LogP contribution in [0, 0.1) is 24.6 Å². The molecule has 1 atom stereocenters. The Labute approximate surface area is 171 Å². The molecule has 1 amide bonds. The van der Waals surface area contributed by atoms with Gasteiger partial charge in [-0.1, -0.05) is 11.8 Å². The van der Waals surface area contributed by atoms with Gasteiger partial charge in [-0.3, -0.25) is 9.89 Å². The van der Waals surface area contributed by atoms with Crippen molar-refractivity contribution in [3.63, 3.8) is 0 Å². The average Bonchev–Trinajstić information content (AvgIpc) is 3.30. The number of carbonyl (C=O) groups excluding carboxylic acids is 1. The highest BCUT2D eigenvalue weighted by Gasteiger charge is 2.28. The molecule has 1 aliphatic heterocycles. The van der Waals surface area contributed by atoms with Crippen LogP contribution in [-0.2, 0) is 12.0 Å². The highest BCUT2D eigenvalue weighted by Crippen LogP contribution is 2.34. The number of aryl methyl sites for hydroxylation is 1. The Balaban J connectivity index is 1.80. The van der Waals surface area contributed by atoms with E-state index in [1.165, 1.54) is 12.1 Å². The van der Waals surface area contributed by atoms with Gasteiger partial charge in [0, 0.05) is 12.3 Å². The lowest BCUT2D eigenvalue weighted by Crippen LogP contribution is -2.26. The summed E-state index contributed by atoms with van der Waals surface area (Å²) in [6, 6.07) is 2.74. The standard InChI is InChI=1S/C20H19FN6O3/c1-11-23-19(26-25-11)20(2,10-28)4-3-12-7-13-16(8-14(12)21)30-6-5-27-9-15(17(22)29)24-18(13)27/h7-9,28H,5-6,10H2,1-2H3,(H2,22,29)(H,23,25,26). The van der Waals surface area contributed by atoms with Gasteiger partial charge in [-0.2, -0.15) is 5.10 Å². The van der Waals surface area contributed by atoms with Crippen molar-refractivity contribution in [2.45, 2.75) is 25.8 Å². The zero-order valence-corrected chi connectivity index (χ0v) is 16.4. The quantitative estimate of drug-likeness (QED) is 0.550. The first-order chi connectivity index (χ1) is 14.3. The smallest absolute Gasteiger partial charge is 0.268 e. The summed E-state index contributed by atoms with van der Waals surface area (Å²) in [6.07, 6.45) is 1.54. The van der Waals surface area contributed by atoms with E-state index in [-0.39, 0.29) is 24.5 Å². The molecule has 0 radical (unpaired) electrons. The lowest BCUT2D eigenvalue weighted by atomic mass is 9.91. The fourth-order valence-electron chi connectivity index (χ4n) is 3.08. The van der Waals surface area contributed by atoms with Crippen LogP contribution in [0.5, 0.6) is 5.75 Å². The van der Waals surface area contributed by atoms with Crippen molar-refractivity contribution >= 4 is 5.91 Å². The van der Waals surface area contributed by atoms with E-state index in [1.54, 1.807) is 24.6 Å². The number of H-pyrrole nitrogens is 1. The number of hydrogen-bond donors (Lipinski definition) is 3. The maximum Gasteiger partial charge on any atom is 0.268 e. The number of aliphatic hydroxyl groups is 1. The molecule has 1 unspecified atom stereocenters. The molecule has 0 saturated carbocycles. The third-order valence-electron chi connectivity index (χ3n) is 4.81. The predicted molar refractivity (Wildman–Crippen MR) is 104 cm³/mol. The monoisotopic (exact) mass is 410 g/mol. The lowest BCUT2D eigenvalue weighted by molar-refractivity contribution is 0.0996. The summed E-state index contributed by atoms with van der Waals surface area (Å²) in [5.74, 6) is 6.06. The van der Waals surface area contributed by atoms with E-state index in [9.17, 15) is 14.3 Å². The molecule has 9 nitrogen and oxygen atoms in total. The summed E-state index contributed by atoms with van der Waals surface area (Å²) >= 11 is 0. The number of nitrogens with zero attached hydrogens (tertiary/aromatic N) is 4. The summed E-state index contributed by atoms with van der Waals surface area (Å²) in [5, 5.41) is 16.6. The first kappa shape index (κ1) is 19.6. The normalized spacial score (nSPS) is 14.4. The van der Waals surface area contributed by atoms with Gasteiger partial charge in [0.2, 0.25) is 0 Å². The molecule has 10 heteroatoms. The maximum atomic E-state index is 14.7. The van der Waals surface area contributed by atoms with Crippen molar-refractivity contribution in [1.29, 1.82) is 0 Å². The van der Waals surface area contributed by atoms with Crippen molar-refractivity contribution in [3.05, 3.63) is 47.1 Å². The number of carbonyl (C=O) groups is 1. The van der Waals surface area contributed by atoms with Crippen LogP contribution in [-0.4, -0.2) is 49.0 Å². The SMILES string of the molecule is Cc1nc(C(C)(C#Cc2cc3c(cc2F)OCCn2cc(C(N)=O)nc2-3)CO)n[nH]1. The number of aromatic nitrogens is 5. The molecule has 1 aliphatic rings. The number of rotatable bonds is 3. The van der Waals surface area contributed by atoms with Crippen molar-refractivity contribution in [2.75, 3.05) is 13.2 Å². The number of primary amides is 1. The molecule has 0 aliphatic carbocycles. The second-order valence-corrected chi connectivity index (χ2v) is 7.17. The molecule has 1 aromatic carbocycles. The topological polar surface area (TPSA) is 132 Å². The van der Waals surface area contributed by atoms with Crippen LogP contribution in [0.3, 0.4) is 0 Å². The summed E-state index contributed by atoms with van der Waals surface area (Å²) in [7, 11) is 0. The Bertz CT molecular complexity index is 1210. The van der Waals surface area contributed by atoms with Gasteiger partial charge >= 0.3 is 0 Å². The van der Waals surface area contributed by atoms with Crippen LogP contribution >= 0.6 is 0 Å². The maximum absolute atomic E-state index is 14.7. The van der Waals surface area contributed by atoms with Gasteiger partial charge in [0.05, 0.1) is 24.3 Å². The van der Waals surface area contributed by atoms with Crippen LogP contribution in [0.15, 0.2) is 18.3 Å². The minimum absolute atomic E-state index is 0.0846. The molecule has 3 heterocycles. The van der Waals surface area contributed by atoms with E-state index in [0.29, 0.717) is 35.3 Å². The van der Waals surface area contributed by atoms with E-state index in [0.717, 1.165) is 0 Å². The number of aromatic amines is 1. The minimum atomic E-state index is -1.09. The van der Waals surface area contributed by atoms with Gasteiger partial charge in [0.25, 0.3) is 5.91 Å². The molecule has 0 spiro atoms. The van der Waals surface area contributed by atoms with Crippen LogP contribution in [0.25, 0.3) is 11.4 Å². The fourth-order valence-corrected chi connectivity index (χ4v) is 3.08. The first-order valence-corrected chi connectivity index (χ1v) is 9.18. The highest BCUT2D eigenvalue weighted by atomic mass is 19.1. The number of nitrogens with one attached hydrogen (secondary N) is 1. The summed E-state index contributed by atoms with van der Waals surface area (Å²) in [6.45, 7) is 3.76. The average molecular weight is 410 g/mol. The van der Waals surface area contributed by atoms with Crippen molar-refractivity contribution < 1.29 is 19.0 Å². The molecule has 154 valence electrons. The van der Waals surface area contributed by atoms with E-state index >= 15 is 0 Å². The Morgan fingerprint density at radius 3 is 2.93 bits per heavy atom. The van der Waals surface area contributed by atoms with Gasteiger partial charge in [-0.15, -0.1) is 0 Å². The zero-order valence-electron chi connectivity index (χ0n) is 16.4. The summed E-state index contributed by atoms with van der Waals surface area (Å²) < 4.78 is 22.1. The van der Waals surface area contributed by atoms with E-state index in [4.69, 9.17) is 10.5 Å². The number of imidazole rings is 1. The zero-order chi connectivity index (χ0) is 21.5. The van der Waals surface area contributed by atoms with Gasteiger partial charge in [0.1, 0.15) is 40.9 Å². The summed E-state index contributed by atoms with van der Waals surface area (Å²) in [4.78, 5) is 20.0. The number of fused-ring (bicyclic) bond motifs is 3. The third-order valence-corrected chi connectivity index (χ3v) is 4.81. The van der Waals surface area contributed by atoms with Crippen LogP contribution in [0.4, 0.5) is 4.39 Å². The fraction of sp³-hybridized carbons (Fsp3) is 0.300. The molecule has 0 saturated heterocycles. The van der Waals surface area contributed by atoms with Gasteiger partial charge in [0.15, 0.2) is 5.82 Å². The van der Waals surface area contributed by atoms with Gasteiger partial charge in [-0.05, 0) is 19.9 Å². The second kappa shape index (κ2) is 7.27. The molecule has 0 bridgehead atoms. The van der Waals surface area contributed by atoms with Crippen molar-refractivity contribution in [3.8, 4) is 29.0 Å². The Morgan fingerprint density at radius 1 is 1.47 bits per heavy atom. The Morgan fingerprint density at radius 2 is 2.27 bits per heavy atom. The number of ether oxygens (including phenoxy) is 1. The van der Waals surface area contributed by atoms with Crippen molar-refractivity contribution in [1.82, 2.24) is 24.7 Å². The highest BCUT2D eigenvalue weighted by molar-refractivity contribution is 5.91. The molecule has 2 aromatic heterocycles. The van der Waals surface area contributed by atoms with Crippen LogP contribution < -0.4 is 10.5 Å².